The molecule has 0 aliphatic rings. The van der Waals surface area contributed by atoms with Gasteiger partial charge in [0.15, 0.2) is 0 Å². The largest absolute Gasteiger partial charge is 0.233 e. The molecule has 36 valence electrons. The minimum absolute atomic E-state index is 0.721. The van der Waals surface area contributed by atoms with Crippen molar-refractivity contribution in [2.45, 2.75) is 0 Å². The molecule has 0 spiro atoms. The Bertz CT molecular complexity index is 83.3. The Hall–Kier alpha value is 0.710. The summed E-state index contributed by atoms with van der Waals surface area (Å²) < 4.78 is 0. The average Bonchev–Trinajstić information content (AvgIpc) is 1.35. The first-order chi connectivity index (χ1) is 2.77. The number of hydrogen-bond donors (Lipinski definition) is 0. The average molecular weight is 139 g/mol. The molecule has 0 aromatic carbocycles. The van der Waals surface area contributed by atoms with Crippen molar-refractivity contribution < 1.29 is 0 Å². The van der Waals surface area contributed by atoms with Gasteiger partial charge in [0.05, 0.1) is 0 Å². The third kappa shape index (κ3) is 4.71. The van der Waals surface area contributed by atoms with E-state index in [1.165, 1.54) is 10.4 Å². The highest BCUT2D eigenvalue weighted by Gasteiger charge is 1.80. The van der Waals surface area contributed by atoms with Crippen LogP contribution in [0.15, 0.2) is 0 Å². The summed E-state index contributed by atoms with van der Waals surface area (Å²) >= 11 is 0. The van der Waals surface area contributed by atoms with Crippen LogP contribution in [0, 0.1) is 5.00 Å². The molecule has 4 heteroatoms. The van der Waals surface area contributed by atoms with Gasteiger partial charge in [0, 0.05) is 6.66 Å². The summed E-state index contributed by atoms with van der Waals surface area (Å²) in [5.41, 5.74) is 0. The van der Waals surface area contributed by atoms with E-state index in [1.807, 2.05) is 12.9 Å². The first kappa shape index (κ1) is 6.71. The van der Waals surface area contributed by atoms with Gasteiger partial charge in [-0.15, -0.1) is 0 Å². The van der Waals surface area contributed by atoms with Crippen molar-refractivity contribution in [2.75, 3.05) is 12.9 Å². The fourth-order valence-corrected chi connectivity index (χ4v) is 2.91. The Kier molecular flexibility index (Phi) is 4.34. The van der Waals surface area contributed by atoms with Gasteiger partial charge in [0.25, 0.3) is 0 Å². The second-order valence-corrected chi connectivity index (χ2v) is 6.49. The maximum absolute atomic E-state index is 8.56. The van der Waals surface area contributed by atoms with Crippen molar-refractivity contribution in [3.63, 3.8) is 0 Å². The van der Waals surface area contributed by atoms with Crippen LogP contribution in [-0.4, -0.2) is 12.9 Å². The summed E-state index contributed by atoms with van der Waals surface area (Å²) in [5.74, 6) is 0. The van der Waals surface area contributed by atoms with Crippen LogP contribution < -0.4 is 0 Å². The van der Waals surface area contributed by atoms with Gasteiger partial charge in [-0.3, -0.25) is 0 Å². The van der Waals surface area contributed by atoms with Crippen LogP contribution in [0.25, 0.3) is 0 Å². The monoisotopic (exact) mass is 139 g/mol. The van der Waals surface area contributed by atoms with Gasteiger partial charge in [-0.2, -0.15) is 0 Å². The van der Waals surface area contributed by atoms with Gasteiger partial charge in [0.1, 0.15) is 6.76 Å². The molecule has 0 saturated carbocycles. The van der Waals surface area contributed by atoms with Gasteiger partial charge < -0.3 is 0 Å². The Morgan fingerprint density at radius 1 is 1.67 bits per heavy atom. The molecule has 0 amide bonds. The van der Waals surface area contributed by atoms with Gasteiger partial charge in [-0.25, -0.2) is 5.00 Å². The molecule has 0 aromatic rings. The fraction of sp³-hybridized carbons (Fsp3) is 1.00. The van der Waals surface area contributed by atoms with E-state index in [0.29, 0.717) is 0 Å². The lowest BCUT2D eigenvalue weighted by Crippen LogP contribution is -1.30. The smallest absolute Gasteiger partial charge is 0.111 e. The predicted molar refractivity (Wildman–Crippen MR) is 35.7 cm³/mol. The summed E-state index contributed by atoms with van der Waals surface area (Å²) in [6, 6.07) is 0. The van der Waals surface area contributed by atoms with E-state index in [9.17, 15) is 0 Å². The molecular formula is C2H6NPS2. The molecule has 0 heterocycles. The Labute approximate surface area is 46.4 Å². The number of rotatable bonds is 1. The van der Waals surface area contributed by atoms with Crippen molar-refractivity contribution in [1.82, 2.24) is 0 Å². The van der Waals surface area contributed by atoms with Crippen LogP contribution >= 0.6 is 28.0 Å². The van der Waals surface area contributed by atoms with Gasteiger partial charge >= 0.3 is 0 Å². The van der Waals surface area contributed by atoms with Gasteiger partial charge in [-0.1, -0.05) is 10.8 Å². The molecule has 0 bridgehead atoms. The van der Waals surface area contributed by atoms with Crippen molar-refractivity contribution in [3.8, 4) is 0 Å². The van der Waals surface area contributed by atoms with Crippen LogP contribution in [-0.2, 0) is 0 Å². The summed E-state index contributed by atoms with van der Waals surface area (Å²) in [6.07, 6.45) is 1.96. The lowest BCUT2D eigenvalue weighted by Gasteiger charge is -1.78. The van der Waals surface area contributed by atoms with Crippen LogP contribution in [0.3, 0.4) is 0 Å². The van der Waals surface area contributed by atoms with Crippen LogP contribution in [0.2, 0.25) is 0 Å². The highest BCUT2D eigenvalue weighted by molar-refractivity contribution is 8.96. The SMILES string of the molecule is CSSP(C)#N. The van der Waals surface area contributed by atoms with Crippen molar-refractivity contribution in [2.24, 2.45) is 0 Å². The summed E-state index contributed by atoms with van der Waals surface area (Å²) in [4.78, 5) is 0. The first-order valence-corrected chi connectivity index (χ1v) is 6.31. The normalized spacial score (nSPS) is 11.2. The predicted octanol–water partition coefficient (Wildman–Crippen LogP) is 2.50. The maximum atomic E-state index is 8.56. The zero-order valence-electron chi connectivity index (χ0n) is 3.71. The molecule has 0 aliphatic carbocycles. The molecule has 1 unspecified atom stereocenters. The summed E-state index contributed by atoms with van der Waals surface area (Å²) in [6.45, 7) is 1.10. The summed E-state index contributed by atoms with van der Waals surface area (Å²) in [7, 11) is 3.13. The molecule has 0 aliphatic heterocycles. The molecule has 0 fully saturated rings. The highest BCUT2D eigenvalue weighted by Crippen LogP contribution is 2.39. The molecule has 0 saturated heterocycles. The zero-order chi connectivity index (χ0) is 4.99. The van der Waals surface area contributed by atoms with Crippen LogP contribution in [0.4, 0.5) is 0 Å². The van der Waals surface area contributed by atoms with E-state index < -0.39 is 6.76 Å². The molecule has 1 nitrogen and oxygen atoms in total. The van der Waals surface area contributed by atoms with Gasteiger partial charge in [-0.05, 0) is 16.7 Å². The molecule has 1 atom stereocenters. The first-order valence-electron chi connectivity index (χ1n) is 1.40. The molecule has 0 radical (unpaired) electrons. The lowest BCUT2D eigenvalue weighted by atomic mass is 12.0. The van der Waals surface area contributed by atoms with E-state index in [4.69, 9.17) is 5.00 Å². The van der Waals surface area contributed by atoms with Crippen LogP contribution in [0.5, 0.6) is 0 Å². The number of hydrogen-bond acceptors (Lipinski definition) is 3. The van der Waals surface area contributed by atoms with E-state index >= 15 is 0 Å². The second-order valence-electron chi connectivity index (χ2n) is 0.705. The summed E-state index contributed by atoms with van der Waals surface area (Å²) in [5, 5.41) is 8.56. The minimum Gasteiger partial charge on any atom is -0.233 e. The van der Waals surface area contributed by atoms with Crippen LogP contribution in [0.1, 0.15) is 0 Å². The zero-order valence-corrected chi connectivity index (χ0v) is 6.24. The van der Waals surface area contributed by atoms with E-state index in [2.05, 4.69) is 0 Å². The second kappa shape index (κ2) is 3.89. The third-order valence-corrected chi connectivity index (χ3v) is 4.92. The van der Waals surface area contributed by atoms with Crippen molar-refractivity contribution in [1.29, 1.82) is 5.00 Å². The minimum atomic E-state index is -0.721. The maximum Gasteiger partial charge on any atom is 0.111 e. The van der Waals surface area contributed by atoms with Gasteiger partial charge in [0.2, 0.25) is 0 Å². The quantitative estimate of drug-likeness (QED) is 0.412. The van der Waals surface area contributed by atoms with E-state index in [0.717, 1.165) is 0 Å². The fourth-order valence-electron chi connectivity index (χ4n) is 0.108. The molecule has 0 N–H and O–H groups in total. The molecule has 6 heavy (non-hydrogen) atoms. The van der Waals surface area contributed by atoms with E-state index in [1.54, 1.807) is 10.8 Å². The third-order valence-electron chi connectivity index (χ3n) is 0.182. The molecular weight excluding hydrogens is 133 g/mol. The topological polar surface area (TPSA) is 23.8 Å². The lowest BCUT2D eigenvalue weighted by molar-refractivity contribution is 1.65. The van der Waals surface area contributed by atoms with Crippen molar-refractivity contribution in [3.05, 3.63) is 0 Å². The Morgan fingerprint density at radius 3 is 2.17 bits per heavy atom. The highest BCUT2D eigenvalue weighted by atomic mass is 33.3. The standard InChI is InChI=1S/C2H6NPS2/c1-4(3)6-5-2/h1-2H3. The van der Waals surface area contributed by atoms with Crippen molar-refractivity contribution >= 4 is 28.0 Å². The Balaban J connectivity index is 2.91. The molecule has 0 rings (SSSR count). The Morgan fingerprint density at radius 2 is 2.17 bits per heavy atom. The molecule has 0 aromatic heterocycles. The van der Waals surface area contributed by atoms with E-state index in [-0.39, 0.29) is 0 Å². The number of nitrogens with zero attached hydrogens (tertiary/aromatic N) is 1.